The maximum absolute atomic E-state index is 11.5. The third-order valence-electron chi connectivity index (χ3n) is 3.84. The first-order valence-corrected chi connectivity index (χ1v) is 8.74. The quantitative estimate of drug-likeness (QED) is 0.407. The predicted molar refractivity (Wildman–Crippen MR) is 76.9 cm³/mol. The molecule has 1 N–H and O–H groups in total. The highest BCUT2D eigenvalue weighted by atomic mass is 32.3. The van der Waals surface area contributed by atoms with Crippen LogP contribution in [0.2, 0.25) is 0 Å². The molecule has 0 amide bonds. The molecule has 0 aromatic heterocycles. The number of ether oxygens (including phenoxy) is 1. The molecule has 1 aliphatic rings. The average molecular weight is 324 g/mol. The maximum Gasteiger partial charge on any atom is 0.397 e. The van der Waals surface area contributed by atoms with Gasteiger partial charge in [0, 0.05) is 0 Å². The first-order valence-electron chi connectivity index (χ1n) is 7.38. The van der Waals surface area contributed by atoms with Crippen LogP contribution < -0.4 is 0 Å². The lowest BCUT2D eigenvalue weighted by Crippen LogP contribution is -2.55. The number of carbonyl (C=O) groups excluding carboxylic acids is 1. The van der Waals surface area contributed by atoms with Gasteiger partial charge in [0.25, 0.3) is 0 Å². The van der Waals surface area contributed by atoms with E-state index >= 15 is 0 Å². The van der Waals surface area contributed by atoms with E-state index in [4.69, 9.17) is 9.29 Å². The number of carbonyl (C=O) groups is 1. The molecule has 1 fully saturated rings. The Morgan fingerprint density at radius 3 is 2.24 bits per heavy atom. The SMILES string of the molecule is CC(C)C(=O)OCC[N+]1(CCOS(=O)(=O)O)CCCCC1. The standard InChI is InChI=1S/C13H25NO6S/c1-12(2)13(15)19-10-8-14(6-4-3-5-7-14)9-11-20-21(16,17)18/h12H,3-11H2,1-2H3/p+1. The van der Waals surface area contributed by atoms with Crippen molar-refractivity contribution in [2.24, 2.45) is 5.92 Å². The summed E-state index contributed by atoms with van der Waals surface area (Å²) in [4.78, 5) is 11.5. The molecule has 7 nitrogen and oxygen atoms in total. The van der Waals surface area contributed by atoms with Crippen molar-refractivity contribution in [1.29, 1.82) is 0 Å². The minimum atomic E-state index is -4.39. The third kappa shape index (κ3) is 7.21. The van der Waals surface area contributed by atoms with Gasteiger partial charge in [-0.2, -0.15) is 8.42 Å². The molecular weight excluding hydrogens is 298 g/mol. The number of hydrogen-bond donors (Lipinski definition) is 1. The molecule has 0 spiro atoms. The second-order valence-corrected chi connectivity index (χ2v) is 6.96. The Labute approximate surface area is 126 Å². The van der Waals surface area contributed by atoms with Gasteiger partial charge in [0.1, 0.15) is 26.3 Å². The van der Waals surface area contributed by atoms with Crippen molar-refractivity contribution in [3.8, 4) is 0 Å². The molecule has 0 aromatic rings. The van der Waals surface area contributed by atoms with E-state index in [0.29, 0.717) is 24.2 Å². The van der Waals surface area contributed by atoms with Crippen LogP contribution in [0.15, 0.2) is 0 Å². The lowest BCUT2D eigenvalue weighted by Gasteiger charge is -2.41. The van der Waals surface area contributed by atoms with Gasteiger partial charge in [0.15, 0.2) is 0 Å². The number of likely N-dealkylation sites (tertiary alicyclic amines) is 1. The van der Waals surface area contributed by atoms with Gasteiger partial charge < -0.3 is 9.22 Å². The van der Waals surface area contributed by atoms with Gasteiger partial charge in [-0.25, -0.2) is 4.18 Å². The summed E-state index contributed by atoms with van der Waals surface area (Å²) in [5.41, 5.74) is 0. The number of piperidine rings is 1. The van der Waals surface area contributed by atoms with Crippen LogP contribution in [-0.2, 0) is 24.1 Å². The molecule has 8 heteroatoms. The van der Waals surface area contributed by atoms with E-state index < -0.39 is 10.4 Å². The topological polar surface area (TPSA) is 89.9 Å². The van der Waals surface area contributed by atoms with E-state index in [1.807, 2.05) is 0 Å². The Morgan fingerprint density at radius 2 is 1.71 bits per heavy atom. The Hall–Kier alpha value is -0.700. The summed E-state index contributed by atoms with van der Waals surface area (Å²) in [6.45, 7) is 6.79. The van der Waals surface area contributed by atoms with Gasteiger partial charge in [-0.15, -0.1) is 0 Å². The first kappa shape index (κ1) is 18.3. The fourth-order valence-electron chi connectivity index (χ4n) is 2.58. The minimum absolute atomic E-state index is 0.0586. The molecule has 0 aliphatic carbocycles. The molecular formula is C13H26NO6S+. The minimum Gasteiger partial charge on any atom is -0.459 e. The van der Waals surface area contributed by atoms with Crippen LogP contribution in [0.5, 0.6) is 0 Å². The Kier molecular flexibility index (Phi) is 7.05. The highest BCUT2D eigenvalue weighted by Crippen LogP contribution is 2.19. The summed E-state index contributed by atoms with van der Waals surface area (Å²) in [5, 5.41) is 0. The molecule has 0 bridgehead atoms. The van der Waals surface area contributed by atoms with E-state index in [2.05, 4.69) is 4.18 Å². The van der Waals surface area contributed by atoms with Crippen molar-refractivity contribution >= 4 is 16.4 Å². The van der Waals surface area contributed by atoms with Crippen molar-refractivity contribution in [2.75, 3.05) is 39.4 Å². The molecule has 1 heterocycles. The first-order chi connectivity index (χ1) is 9.74. The monoisotopic (exact) mass is 324 g/mol. The molecule has 1 aliphatic heterocycles. The second kappa shape index (κ2) is 8.07. The normalized spacial score (nSPS) is 18.7. The number of quaternary nitrogens is 1. The Balaban J connectivity index is 2.47. The van der Waals surface area contributed by atoms with Crippen LogP contribution >= 0.6 is 0 Å². The van der Waals surface area contributed by atoms with Gasteiger partial charge in [0.05, 0.1) is 19.0 Å². The summed E-state index contributed by atoms with van der Waals surface area (Å²) in [6.07, 6.45) is 3.28. The molecule has 124 valence electrons. The summed E-state index contributed by atoms with van der Waals surface area (Å²) in [7, 11) is -4.39. The molecule has 0 radical (unpaired) electrons. The highest BCUT2D eigenvalue weighted by molar-refractivity contribution is 7.80. The van der Waals surface area contributed by atoms with Crippen LogP contribution in [0.3, 0.4) is 0 Å². The average Bonchev–Trinajstić information content (AvgIpc) is 2.38. The Morgan fingerprint density at radius 1 is 1.14 bits per heavy atom. The molecule has 0 aromatic carbocycles. The van der Waals surface area contributed by atoms with Gasteiger partial charge in [-0.3, -0.25) is 9.35 Å². The summed E-state index contributed by atoms with van der Waals surface area (Å²) in [5.74, 6) is -0.373. The number of rotatable bonds is 8. The lowest BCUT2D eigenvalue weighted by atomic mass is 10.1. The predicted octanol–water partition coefficient (Wildman–Crippen LogP) is 1.01. The summed E-state index contributed by atoms with van der Waals surface area (Å²) in [6, 6.07) is 0. The van der Waals surface area contributed by atoms with Gasteiger partial charge in [0.2, 0.25) is 0 Å². The molecule has 1 saturated heterocycles. The Bertz CT molecular complexity index is 428. The van der Waals surface area contributed by atoms with Crippen LogP contribution in [0.1, 0.15) is 33.1 Å². The number of esters is 1. The summed E-state index contributed by atoms with van der Waals surface area (Å²) < 4.78 is 40.2. The van der Waals surface area contributed by atoms with Gasteiger partial charge in [-0.05, 0) is 19.3 Å². The van der Waals surface area contributed by atoms with Crippen LogP contribution in [0.25, 0.3) is 0 Å². The van der Waals surface area contributed by atoms with E-state index in [0.717, 1.165) is 32.4 Å². The smallest absolute Gasteiger partial charge is 0.397 e. The molecule has 0 saturated carbocycles. The van der Waals surface area contributed by atoms with Crippen molar-refractivity contribution in [2.45, 2.75) is 33.1 Å². The van der Waals surface area contributed by atoms with Crippen molar-refractivity contribution in [3.05, 3.63) is 0 Å². The van der Waals surface area contributed by atoms with E-state index in [1.54, 1.807) is 13.8 Å². The van der Waals surface area contributed by atoms with Crippen molar-refractivity contribution < 1.29 is 31.2 Å². The number of hydrogen-bond acceptors (Lipinski definition) is 5. The van der Waals surface area contributed by atoms with Gasteiger partial charge in [-0.1, -0.05) is 13.8 Å². The van der Waals surface area contributed by atoms with Crippen molar-refractivity contribution in [1.82, 2.24) is 0 Å². The lowest BCUT2D eigenvalue weighted by molar-refractivity contribution is -0.932. The van der Waals surface area contributed by atoms with Crippen LogP contribution in [-0.4, -0.2) is 62.8 Å². The zero-order valence-electron chi connectivity index (χ0n) is 12.8. The molecule has 0 unspecified atom stereocenters. The fraction of sp³-hybridized carbons (Fsp3) is 0.923. The zero-order valence-corrected chi connectivity index (χ0v) is 13.6. The second-order valence-electron chi connectivity index (χ2n) is 5.87. The van der Waals surface area contributed by atoms with Crippen LogP contribution in [0, 0.1) is 5.92 Å². The maximum atomic E-state index is 11.5. The largest absolute Gasteiger partial charge is 0.459 e. The van der Waals surface area contributed by atoms with E-state index in [9.17, 15) is 13.2 Å². The fourth-order valence-corrected chi connectivity index (χ4v) is 2.87. The number of nitrogens with zero attached hydrogens (tertiary/aromatic N) is 1. The van der Waals surface area contributed by atoms with E-state index in [1.165, 1.54) is 0 Å². The molecule has 0 atom stereocenters. The third-order valence-corrected chi connectivity index (χ3v) is 4.31. The zero-order chi connectivity index (χ0) is 15.9. The van der Waals surface area contributed by atoms with Gasteiger partial charge >= 0.3 is 16.4 Å². The highest BCUT2D eigenvalue weighted by Gasteiger charge is 2.30. The van der Waals surface area contributed by atoms with Crippen molar-refractivity contribution in [3.63, 3.8) is 0 Å². The molecule has 21 heavy (non-hydrogen) atoms. The van der Waals surface area contributed by atoms with E-state index in [-0.39, 0.29) is 18.5 Å². The summed E-state index contributed by atoms with van der Waals surface area (Å²) >= 11 is 0. The molecule has 1 rings (SSSR count). The van der Waals surface area contributed by atoms with Crippen LogP contribution in [0.4, 0.5) is 0 Å².